The third-order valence-electron chi connectivity index (χ3n) is 3.94. The van der Waals surface area contributed by atoms with E-state index in [1.165, 1.54) is 43.4 Å². The predicted octanol–water partition coefficient (Wildman–Crippen LogP) is 2.66. The lowest BCUT2D eigenvalue weighted by molar-refractivity contribution is 0.237. The van der Waals surface area contributed by atoms with E-state index < -0.39 is 0 Å². The molecule has 3 rings (SSSR count). The molecule has 1 fully saturated rings. The minimum Gasteiger partial charge on any atom is -0.464 e. The SMILES string of the molecule is c1ccc2c(CCCCN3CCNCC3)coc2c1. The molecule has 0 aliphatic carbocycles. The Hall–Kier alpha value is -1.32. The number of fused-ring (bicyclic) bond motifs is 1. The van der Waals surface area contributed by atoms with Crippen molar-refractivity contribution in [3.05, 3.63) is 36.1 Å². The van der Waals surface area contributed by atoms with E-state index in [9.17, 15) is 0 Å². The summed E-state index contributed by atoms with van der Waals surface area (Å²) in [4.78, 5) is 2.56. The maximum Gasteiger partial charge on any atom is 0.134 e. The van der Waals surface area contributed by atoms with Crippen LogP contribution in [0.2, 0.25) is 0 Å². The van der Waals surface area contributed by atoms with Crippen LogP contribution in [0.5, 0.6) is 0 Å². The van der Waals surface area contributed by atoms with Crippen molar-refractivity contribution in [1.82, 2.24) is 10.2 Å². The molecule has 3 nitrogen and oxygen atoms in total. The van der Waals surface area contributed by atoms with E-state index in [-0.39, 0.29) is 0 Å². The number of nitrogens with one attached hydrogen (secondary N) is 1. The van der Waals surface area contributed by atoms with Gasteiger partial charge in [-0.05, 0) is 37.4 Å². The molecule has 2 heterocycles. The quantitative estimate of drug-likeness (QED) is 0.836. The van der Waals surface area contributed by atoms with Crippen molar-refractivity contribution < 1.29 is 4.42 Å². The number of hydrogen-bond donors (Lipinski definition) is 1. The molecule has 1 aliphatic heterocycles. The molecule has 0 bridgehead atoms. The van der Waals surface area contributed by atoms with E-state index in [2.05, 4.69) is 22.3 Å². The number of para-hydroxylation sites is 1. The maximum atomic E-state index is 5.58. The molecule has 1 saturated heterocycles. The zero-order valence-corrected chi connectivity index (χ0v) is 11.4. The first-order valence-electron chi connectivity index (χ1n) is 7.32. The van der Waals surface area contributed by atoms with Gasteiger partial charge in [0.05, 0.1) is 6.26 Å². The highest BCUT2D eigenvalue weighted by atomic mass is 16.3. The lowest BCUT2D eigenvalue weighted by Crippen LogP contribution is -2.43. The number of aryl methyl sites for hydroxylation is 1. The van der Waals surface area contributed by atoms with Crippen molar-refractivity contribution in [2.75, 3.05) is 32.7 Å². The summed E-state index contributed by atoms with van der Waals surface area (Å²) in [5, 5.41) is 4.68. The van der Waals surface area contributed by atoms with Gasteiger partial charge in [0.1, 0.15) is 5.58 Å². The Morgan fingerprint density at radius 3 is 2.84 bits per heavy atom. The second kappa shape index (κ2) is 6.22. The molecule has 0 saturated carbocycles. The van der Waals surface area contributed by atoms with Gasteiger partial charge in [-0.2, -0.15) is 0 Å². The summed E-state index contributed by atoms with van der Waals surface area (Å²) in [6.45, 7) is 5.93. The van der Waals surface area contributed by atoms with Crippen LogP contribution in [0.1, 0.15) is 18.4 Å². The number of benzene rings is 1. The topological polar surface area (TPSA) is 28.4 Å². The Morgan fingerprint density at radius 2 is 1.95 bits per heavy atom. The van der Waals surface area contributed by atoms with E-state index in [0.29, 0.717) is 0 Å². The monoisotopic (exact) mass is 258 g/mol. The van der Waals surface area contributed by atoms with Crippen LogP contribution in [-0.2, 0) is 6.42 Å². The molecule has 19 heavy (non-hydrogen) atoms. The van der Waals surface area contributed by atoms with Crippen molar-refractivity contribution in [2.45, 2.75) is 19.3 Å². The Balaban J connectivity index is 1.47. The molecule has 1 aromatic carbocycles. The van der Waals surface area contributed by atoms with Crippen molar-refractivity contribution in [2.24, 2.45) is 0 Å². The normalized spacial score (nSPS) is 17.1. The summed E-state index contributed by atoms with van der Waals surface area (Å²) in [5.74, 6) is 0. The first-order chi connectivity index (χ1) is 9.43. The van der Waals surface area contributed by atoms with Crippen LogP contribution in [-0.4, -0.2) is 37.6 Å². The summed E-state index contributed by atoms with van der Waals surface area (Å²) < 4.78 is 5.58. The summed E-state index contributed by atoms with van der Waals surface area (Å²) in [7, 11) is 0. The first-order valence-corrected chi connectivity index (χ1v) is 7.32. The summed E-state index contributed by atoms with van der Waals surface area (Å²) in [5.41, 5.74) is 2.37. The molecule has 0 amide bonds. The zero-order valence-electron chi connectivity index (χ0n) is 11.4. The van der Waals surface area contributed by atoms with Crippen LogP contribution in [0.3, 0.4) is 0 Å². The second-order valence-electron chi connectivity index (χ2n) is 5.31. The molecule has 1 N–H and O–H groups in total. The van der Waals surface area contributed by atoms with E-state index >= 15 is 0 Å². The number of nitrogens with zero attached hydrogens (tertiary/aromatic N) is 1. The summed E-state index contributed by atoms with van der Waals surface area (Å²) in [6.07, 6.45) is 5.57. The largest absolute Gasteiger partial charge is 0.464 e. The molecule has 3 heteroatoms. The lowest BCUT2D eigenvalue weighted by Gasteiger charge is -2.26. The molecule has 102 valence electrons. The maximum absolute atomic E-state index is 5.58. The van der Waals surface area contributed by atoms with Crippen molar-refractivity contribution in [3.63, 3.8) is 0 Å². The van der Waals surface area contributed by atoms with E-state index in [4.69, 9.17) is 4.42 Å². The van der Waals surface area contributed by atoms with Crippen molar-refractivity contribution in [1.29, 1.82) is 0 Å². The smallest absolute Gasteiger partial charge is 0.134 e. The predicted molar refractivity (Wildman–Crippen MR) is 78.5 cm³/mol. The van der Waals surface area contributed by atoms with Gasteiger partial charge in [0.15, 0.2) is 0 Å². The zero-order chi connectivity index (χ0) is 12.9. The molecule has 2 aromatic rings. The fourth-order valence-electron chi connectivity index (χ4n) is 2.81. The standard InChI is InChI=1S/C16H22N2O/c1-2-7-16-15(6-1)14(13-19-16)5-3-4-10-18-11-8-17-9-12-18/h1-2,6-7,13,17H,3-5,8-12H2. The Labute approximate surface area is 114 Å². The minimum absolute atomic E-state index is 1.01. The van der Waals surface area contributed by atoms with Gasteiger partial charge >= 0.3 is 0 Å². The van der Waals surface area contributed by atoms with Gasteiger partial charge in [0.25, 0.3) is 0 Å². The Kier molecular flexibility index (Phi) is 4.16. The molecule has 0 radical (unpaired) electrons. The molecule has 0 atom stereocenters. The molecular weight excluding hydrogens is 236 g/mol. The van der Waals surface area contributed by atoms with Crippen molar-refractivity contribution in [3.8, 4) is 0 Å². The van der Waals surface area contributed by atoms with E-state index in [0.717, 1.165) is 25.1 Å². The molecule has 0 unspecified atom stereocenters. The van der Waals surface area contributed by atoms with E-state index in [1.807, 2.05) is 18.4 Å². The minimum atomic E-state index is 1.01. The van der Waals surface area contributed by atoms with Gasteiger partial charge in [-0.3, -0.25) is 0 Å². The number of unbranched alkanes of at least 4 members (excludes halogenated alkanes) is 1. The number of furan rings is 1. The highest BCUT2D eigenvalue weighted by Gasteiger charge is 2.09. The number of piperazine rings is 1. The van der Waals surface area contributed by atoms with Gasteiger partial charge in [0, 0.05) is 31.6 Å². The fraction of sp³-hybridized carbons (Fsp3) is 0.500. The Morgan fingerprint density at radius 1 is 1.11 bits per heavy atom. The molecular formula is C16H22N2O. The molecule has 0 spiro atoms. The molecule has 1 aromatic heterocycles. The average Bonchev–Trinajstić information content (AvgIpc) is 2.88. The van der Waals surface area contributed by atoms with Crippen LogP contribution >= 0.6 is 0 Å². The average molecular weight is 258 g/mol. The fourth-order valence-corrected chi connectivity index (χ4v) is 2.81. The van der Waals surface area contributed by atoms with Gasteiger partial charge in [-0.25, -0.2) is 0 Å². The van der Waals surface area contributed by atoms with Crippen LogP contribution in [0.15, 0.2) is 34.9 Å². The summed E-state index contributed by atoms with van der Waals surface area (Å²) in [6, 6.07) is 8.31. The third-order valence-corrected chi connectivity index (χ3v) is 3.94. The number of rotatable bonds is 5. The first kappa shape index (κ1) is 12.7. The van der Waals surface area contributed by atoms with Gasteiger partial charge in [-0.1, -0.05) is 18.2 Å². The van der Waals surface area contributed by atoms with Crippen LogP contribution < -0.4 is 5.32 Å². The van der Waals surface area contributed by atoms with Gasteiger partial charge in [-0.15, -0.1) is 0 Å². The van der Waals surface area contributed by atoms with Crippen LogP contribution in [0.25, 0.3) is 11.0 Å². The number of hydrogen-bond acceptors (Lipinski definition) is 3. The van der Waals surface area contributed by atoms with Gasteiger partial charge < -0.3 is 14.6 Å². The van der Waals surface area contributed by atoms with Crippen molar-refractivity contribution >= 4 is 11.0 Å². The van der Waals surface area contributed by atoms with E-state index in [1.54, 1.807) is 0 Å². The van der Waals surface area contributed by atoms with Crippen LogP contribution in [0, 0.1) is 0 Å². The summed E-state index contributed by atoms with van der Waals surface area (Å²) >= 11 is 0. The lowest BCUT2D eigenvalue weighted by atomic mass is 10.1. The van der Waals surface area contributed by atoms with Crippen LogP contribution in [0.4, 0.5) is 0 Å². The second-order valence-corrected chi connectivity index (χ2v) is 5.31. The highest BCUT2D eigenvalue weighted by molar-refractivity contribution is 5.80. The molecule has 1 aliphatic rings. The highest BCUT2D eigenvalue weighted by Crippen LogP contribution is 2.22. The third kappa shape index (κ3) is 3.17. The Bertz CT molecular complexity index is 514. The van der Waals surface area contributed by atoms with Gasteiger partial charge in [0.2, 0.25) is 0 Å².